The van der Waals surface area contributed by atoms with Gasteiger partial charge in [-0.3, -0.25) is 19.1 Å². The van der Waals surface area contributed by atoms with E-state index in [0.717, 1.165) is 17.5 Å². The van der Waals surface area contributed by atoms with Crippen molar-refractivity contribution in [2.75, 3.05) is 31.6 Å². The monoisotopic (exact) mass is 824 g/mol. The Hall–Kier alpha value is -4.64. The van der Waals surface area contributed by atoms with E-state index in [9.17, 15) is 32.7 Å². The number of morpholine rings is 1. The molecule has 5 aliphatic rings. The number of fused-ring (bicyclic) bond motifs is 3. The number of hydrogen-bond acceptors (Lipinski definition) is 11. The fourth-order valence-electron chi connectivity index (χ4n) is 8.92. The molecule has 1 aromatic heterocycles. The van der Waals surface area contributed by atoms with Crippen molar-refractivity contribution < 1.29 is 46.9 Å². The van der Waals surface area contributed by atoms with Crippen LogP contribution in [0.15, 0.2) is 36.5 Å². The molecule has 17 heteroatoms. The summed E-state index contributed by atoms with van der Waals surface area (Å²) in [6, 6.07) is 3.22. The Bertz CT molecular complexity index is 2080. The van der Waals surface area contributed by atoms with E-state index in [4.69, 9.17) is 19.2 Å². The van der Waals surface area contributed by atoms with Gasteiger partial charge in [0.1, 0.15) is 29.5 Å². The lowest BCUT2D eigenvalue weighted by Crippen LogP contribution is -2.59. The van der Waals surface area contributed by atoms with Crippen LogP contribution >= 0.6 is 0 Å². The van der Waals surface area contributed by atoms with Gasteiger partial charge in [-0.15, -0.1) is 0 Å². The first-order valence-electron chi connectivity index (χ1n) is 20.3. The van der Waals surface area contributed by atoms with E-state index in [1.807, 2.05) is 52.0 Å². The van der Waals surface area contributed by atoms with Crippen LogP contribution in [0.25, 0.3) is 10.8 Å². The van der Waals surface area contributed by atoms with E-state index in [2.05, 4.69) is 20.3 Å². The third kappa shape index (κ3) is 8.29. The maximum Gasteiger partial charge on any atom is 0.405 e. The summed E-state index contributed by atoms with van der Waals surface area (Å²) < 4.78 is 45.8. The topological polar surface area (TPSA) is 206 Å². The molecule has 0 spiro atoms. The molecule has 0 bridgehead atoms. The van der Waals surface area contributed by atoms with E-state index in [1.54, 1.807) is 26.3 Å². The molecular weight excluding hydrogens is 769 g/mol. The number of carbonyl (C=O) groups excluding carboxylic acids is 3. The van der Waals surface area contributed by atoms with Crippen molar-refractivity contribution in [1.29, 1.82) is 0 Å². The lowest BCUT2D eigenvalue weighted by Gasteiger charge is -2.37. The van der Waals surface area contributed by atoms with Crippen LogP contribution in [0.1, 0.15) is 79.6 Å². The number of carboxylic acid groups (broad SMARTS) is 1. The first-order chi connectivity index (χ1) is 27.4. The molecule has 4 amide bonds. The quantitative estimate of drug-likeness (QED) is 0.281. The zero-order valence-corrected chi connectivity index (χ0v) is 34.8. The first-order valence-corrected chi connectivity index (χ1v) is 21.8. The zero-order chi connectivity index (χ0) is 41.7. The minimum absolute atomic E-state index is 0.00309. The fourth-order valence-corrected chi connectivity index (χ4v) is 10.2. The predicted molar refractivity (Wildman–Crippen MR) is 215 cm³/mol. The predicted octanol–water partition coefficient (Wildman–Crippen LogP) is 3.73. The third-order valence-electron chi connectivity index (χ3n) is 12.6. The number of sulfonamides is 1. The molecule has 9 atom stereocenters. The summed E-state index contributed by atoms with van der Waals surface area (Å²) in [4.78, 5) is 63.4. The van der Waals surface area contributed by atoms with Crippen molar-refractivity contribution in [3.05, 3.63) is 36.5 Å². The highest BCUT2D eigenvalue weighted by molar-refractivity contribution is 7.91. The largest absolute Gasteiger partial charge is 0.497 e. The molecule has 4 heterocycles. The standard InChI is InChI=1S/C41H56N6O10S/c1-23-9-7-8-10-27-18-41(27,38(50)45-58(53,54)40(5)13-14-40)44-35(48)32-17-29(22-47(32)37(49)34(24(2)15-23)43-39(51)52)57-36-30-12-11-28(55-6)16-31(30)33(19-42-36)46-20-25(3)56-26(4)21-46/h8,10-12,16,19,23-27,29,32,34,43H,7,9,13-15,17-18,20-22H2,1-6H3,(H,44,48)(H,45,50)(H,51,52)/t23-,24-,25-,26+,27-,29-,32+,34+,41-/m1/s1. The van der Waals surface area contributed by atoms with Crippen LogP contribution in [0, 0.1) is 17.8 Å². The number of amides is 4. The Morgan fingerprint density at radius 3 is 2.45 bits per heavy atom. The van der Waals surface area contributed by atoms with Gasteiger partial charge in [-0.05, 0) is 89.3 Å². The van der Waals surface area contributed by atoms with E-state index in [-0.39, 0.29) is 43.4 Å². The van der Waals surface area contributed by atoms with Crippen LogP contribution in [0.4, 0.5) is 10.5 Å². The van der Waals surface area contributed by atoms with Crippen LogP contribution in [0.2, 0.25) is 0 Å². The maximum absolute atomic E-state index is 14.6. The molecule has 58 heavy (non-hydrogen) atoms. The molecule has 316 valence electrons. The van der Waals surface area contributed by atoms with Gasteiger partial charge in [-0.2, -0.15) is 0 Å². The Kier molecular flexibility index (Phi) is 11.3. The van der Waals surface area contributed by atoms with E-state index < -0.39 is 74.1 Å². The number of hydrogen-bond donors (Lipinski definition) is 4. The van der Waals surface area contributed by atoms with Gasteiger partial charge in [0.25, 0.3) is 5.91 Å². The fraction of sp³-hybridized carbons (Fsp3) is 0.634. The number of pyridine rings is 1. The molecule has 7 rings (SSSR count). The highest BCUT2D eigenvalue weighted by Crippen LogP contribution is 2.48. The van der Waals surface area contributed by atoms with Gasteiger partial charge in [-0.25, -0.2) is 18.2 Å². The van der Waals surface area contributed by atoms with Gasteiger partial charge >= 0.3 is 6.09 Å². The van der Waals surface area contributed by atoms with E-state index >= 15 is 0 Å². The first kappa shape index (κ1) is 41.5. The third-order valence-corrected chi connectivity index (χ3v) is 14.8. The molecular formula is C41H56N6O10S. The van der Waals surface area contributed by atoms with Gasteiger partial charge in [0, 0.05) is 36.2 Å². The maximum atomic E-state index is 14.6. The minimum Gasteiger partial charge on any atom is -0.497 e. The number of anilines is 1. The number of methoxy groups -OCH3 is 1. The van der Waals surface area contributed by atoms with Crippen LogP contribution < -0.4 is 29.7 Å². The van der Waals surface area contributed by atoms with Gasteiger partial charge in [-0.1, -0.05) is 26.0 Å². The Morgan fingerprint density at radius 1 is 1.05 bits per heavy atom. The van der Waals surface area contributed by atoms with Gasteiger partial charge < -0.3 is 39.8 Å². The van der Waals surface area contributed by atoms with E-state index in [1.165, 1.54) is 4.90 Å². The number of nitrogens with zero attached hydrogens (tertiary/aromatic N) is 3. The average Bonchev–Trinajstić information content (AvgIpc) is 4.04. The molecule has 4 fully saturated rings. The van der Waals surface area contributed by atoms with Gasteiger partial charge in [0.05, 0.1) is 42.5 Å². The van der Waals surface area contributed by atoms with Crippen LogP contribution in [0.5, 0.6) is 11.6 Å². The summed E-state index contributed by atoms with van der Waals surface area (Å²) in [6.07, 6.45) is 6.32. The minimum atomic E-state index is -4.02. The highest BCUT2D eigenvalue weighted by atomic mass is 32.2. The molecule has 16 nitrogen and oxygen atoms in total. The normalized spacial score (nSPS) is 32.5. The summed E-state index contributed by atoms with van der Waals surface area (Å²) in [7, 11) is -2.43. The number of carbonyl (C=O) groups is 4. The zero-order valence-electron chi connectivity index (χ0n) is 34.0. The number of rotatable bonds is 8. The molecule has 4 N–H and O–H groups in total. The van der Waals surface area contributed by atoms with Crippen molar-refractivity contribution in [2.45, 2.75) is 120 Å². The number of nitrogens with one attached hydrogen (secondary N) is 3. The second kappa shape index (κ2) is 15.8. The van der Waals surface area contributed by atoms with Gasteiger partial charge in [0.2, 0.25) is 27.7 Å². The molecule has 0 radical (unpaired) electrons. The smallest absolute Gasteiger partial charge is 0.405 e. The molecule has 0 unspecified atom stereocenters. The Labute approximate surface area is 339 Å². The lowest BCUT2D eigenvalue weighted by atomic mass is 9.88. The summed E-state index contributed by atoms with van der Waals surface area (Å²) in [5, 5.41) is 16.7. The summed E-state index contributed by atoms with van der Waals surface area (Å²) in [5.74, 6) is -1.94. The van der Waals surface area contributed by atoms with Crippen molar-refractivity contribution in [3.8, 4) is 11.6 Å². The lowest BCUT2D eigenvalue weighted by molar-refractivity contribution is -0.142. The van der Waals surface area contributed by atoms with Crippen LogP contribution in [-0.4, -0.2) is 115 Å². The second-order valence-corrected chi connectivity index (χ2v) is 19.6. The number of aromatic nitrogens is 1. The molecule has 3 aliphatic heterocycles. The Morgan fingerprint density at radius 2 is 1.78 bits per heavy atom. The summed E-state index contributed by atoms with van der Waals surface area (Å²) >= 11 is 0. The average molecular weight is 825 g/mol. The SMILES string of the molecule is COc1ccc2c(O[C@@H]3C[C@H]4C(=O)N[C@]5(C(=O)NS(=O)(=O)C6(C)CC6)C[C@H]5C=CCC[C@@H](C)C[C@@H](C)[C@H](NC(=O)O)C(=O)N4C3)ncc(N3C[C@@H](C)O[C@@H](C)C3)c2c1. The van der Waals surface area contributed by atoms with Gasteiger partial charge in [0.15, 0.2) is 0 Å². The number of benzene rings is 1. The van der Waals surface area contributed by atoms with E-state index in [0.29, 0.717) is 49.9 Å². The number of ether oxygens (including phenoxy) is 3. The second-order valence-electron chi connectivity index (χ2n) is 17.4. The van der Waals surface area contributed by atoms with Crippen molar-refractivity contribution in [3.63, 3.8) is 0 Å². The molecule has 2 aromatic rings. The molecule has 1 aromatic carbocycles. The summed E-state index contributed by atoms with van der Waals surface area (Å²) in [6.45, 7) is 10.7. The highest BCUT2D eigenvalue weighted by Gasteiger charge is 2.63. The van der Waals surface area contributed by atoms with Crippen molar-refractivity contribution in [1.82, 2.24) is 25.2 Å². The van der Waals surface area contributed by atoms with Crippen LogP contribution in [-0.2, 0) is 29.1 Å². The van der Waals surface area contributed by atoms with Crippen molar-refractivity contribution >= 4 is 50.3 Å². The number of allylic oxidation sites excluding steroid dienone is 1. The van der Waals surface area contributed by atoms with Crippen LogP contribution in [0.3, 0.4) is 0 Å². The van der Waals surface area contributed by atoms with Crippen molar-refractivity contribution in [2.24, 2.45) is 17.8 Å². The molecule has 2 saturated carbocycles. The molecule has 2 saturated heterocycles. The summed E-state index contributed by atoms with van der Waals surface area (Å²) in [5.41, 5.74) is -0.685. The Balaban J connectivity index is 1.22. The molecule has 2 aliphatic carbocycles.